The largest absolute Gasteiger partial charge is 0.394 e. The van der Waals surface area contributed by atoms with Crippen molar-refractivity contribution in [2.75, 3.05) is 32.8 Å². The number of carbonyl (C=O) groups is 7. The molecule has 23 nitrogen and oxygen atoms in total. The second-order valence-electron chi connectivity index (χ2n) is 10.7. The highest BCUT2D eigenvalue weighted by atomic mass is 16.3. The van der Waals surface area contributed by atoms with Gasteiger partial charge >= 0.3 is 6.03 Å². The molecule has 0 spiro atoms. The predicted molar refractivity (Wildman–Crippen MR) is 164 cm³/mol. The van der Waals surface area contributed by atoms with Crippen LogP contribution in [0.2, 0.25) is 0 Å². The molecule has 0 bridgehead atoms. The summed E-state index contributed by atoms with van der Waals surface area (Å²) in [7, 11) is 0. The molecule has 0 aromatic carbocycles. The molecule has 2 rings (SSSR count). The molecule has 1 saturated heterocycles. The monoisotopic (exact) mass is 685 g/mol. The van der Waals surface area contributed by atoms with E-state index in [2.05, 4.69) is 42.2 Å². The smallest absolute Gasteiger partial charge is 0.316 e. The lowest BCUT2D eigenvalue weighted by atomic mass is 10.0. The fraction of sp³-hybridized carbons (Fsp3) is 0.600. The number of hydrogen-bond donors (Lipinski definition) is 15. The summed E-state index contributed by atoms with van der Waals surface area (Å²) in [5, 5.41) is 48.0. The van der Waals surface area contributed by atoms with E-state index in [1.54, 1.807) is 0 Å². The summed E-state index contributed by atoms with van der Waals surface area (Å²) in [6, 6.07) is -9.75. The van der Waals surface area contributed by atoms with Gasteiger partial charge < -0.3 is 80.8 Å². The van der Waals surface area contributed by atoms with Crippen LogP contribution in [-0.4, -0.2) is 138 Å². The second-order valence-corrected chi connectivity index (χ2v) is 10.7. The molecule has 2 heterocycles. The van der Waals surface area contributed by atoms with E-state index in [-0.39, 0.29) is 31.9 Å². The topological polar surface area (TPSA) is 393 Å². The number of carbonyl (C=O) groups excluding carboxylic acids is 7. The highest BCUT2D eigenvalue weighted by Crippen LogP contribution is 2.07. The van der Waals surface area contributed by atoms with Crippen molar-refractivity contribution in [3.8, 4) is 0 Å². The number of rotatable bonds is 10. The molecule has 19 N–H and O–H groups in total. The Morgan fingerprint density at radius 2 is 1.62 bits per heavy atom. The van der Waals surface area contributed by atoms with E-state index < -0.39 is 116 Å². The zero-order chi connectivity index (χ0) is 36.0. The summed E-state index contributed by atoms with van der Waals surface area (Å²) in [4.78, 5) is 94.2. The number of nitrogens with zero attached hydrogens (tertiary/aromatic N) is 1. The number of amides is 8. The number of aliphatic hydroxyl groups excluding tert-OH is 3. The van der Waals surface area contributed by atoms with Crippen molar-refractivity contribution in [1.82, 2.24) is 42.5 Å². The summed E-state index contributed by atoms with van der Waals surface area (Å²) in [6.07, 6.45) is -0.684. The van der Waals surface area contributed by atoms with Crippen molar-refractivity contribution in [3.05, 3.63) is 11.9 Å². The van der Waals surface area contributed by atoms with Crippen LogP contribution in [-0.2, 0) is 28.8 Å². The number of nitrogens with one attached hydrogen (secondary N) is 8. The van der Waals surface area contributed by atoms with Crippen molar-refractivity contribution in [3.63, 3.8) is 0 Å². The maximum Gasteiger partial charge on any atom is 0.316 e. The molecule has 2 aliphatic rings. The van der Waals surface area contributed by atoms with Crippen LogP contribution in [0.4, 0.5) is 4.79 Å². The molecular formula is C25H43N13O10. The van der Waals surface area contributed by atoms with Gasteiger partial charge in [0.25, 0.3) is 5.91 Å². The van der Waals surface area contributed by atoms with E-state index in [9.17, 15) is 48.9 Å². The fourth-order valence-corrected chi connectivity index (χ4v) is 4.41. The molecule has 8 amide bonds. The van der Waals surface area contributed by atoms with Gasteiger partial charge in [-0.3, -0.25) is 33.8 Å². The molecule has 7 atom stereocenters. The van der Waals surface area contributed by atoms with E-state index in [1.165, 1.54) is 0 Å². The van der Waals surface area contributed by atoms with Crippen LogP contribution >= 0.6 is 0 Å². The van der Waals surface area contributed by atoms with Gasteiger partial charge in [0.1, 0.15) is 29.9 Å². The third-order valence-corrected chi connectivity index (χ3v) is 7.03. The first-order valence-electron chi connectivity index (χ1n) is 14.7. The Bertz CT molecular complexity index is 1280. The fourth-order valence-electron chi connectivity index (χ4n) is 4.41. The minimum atomic E-state index is -1.77. The minimum absolute atomic E-state index is 0.0610. The van der Waals surface area contributed by atoms with Crippen molar-refractivity contribution >= 4 is 47.4 Å². The Hall–Kier alpha value is -5.10. The number of hydrogen-bond acceptors (Lipinski definition) is 15. The van der Waals surface area contributed by atoms with Gasteiger partial charge in [-0.1, -0.05) is 0 Å². The maximum absolute atomic E-state index is 13.6. The lowest BCUT2D eigenvalue weighted by Gasteiger charge is -2.31. The first-order valence-corrected chi connectivity index (χ1v) is 14.7. The Balaban J connectivity index is 2.52. The van der Waals surface area contributed by atoms with Gasteiger partial charge in [0.05, 0.1) is 25.4 Å². The predicted octanol–water partition coefficient (Wildman–Crippen LogP) is -9.23. The third kappa shape index (κ3) is 11.9. The molecule has 0 aliphatic carbocycles. The molecule has 0 aromatic heterocycles. The van der Waals surface area contributed by atoms with E-state index in [0.717, 1.165) is 0 Å². The van der Waals surface area contributed by atoms with Crippen LogP contribution < -0.4 is 65.5 Å². The summed E-state index contributed by atoms with van der Waals surface area (Å²) in [6.45, 7) is -2.46. The Labute approximate surface area is 273 Å². The number of aliphatic imine (C=N–C) groups is 1. The maximum atomic E-state index is 13.6. The summed E-state index contributed by atoms with van der Waals surface area (Å²) in [5.74, 6) is -6.43. The Morgan fingerprint density at radius 3 is 2.23 bits per heavy atom. The van der Waals surface area contributed by atoms with Gasteiger partial charge in [-0.05, 0) is 19.4 Å². The van der Waals surface area contributed by atoms with E-state index >= 15 is 0 Å². The summed E-state index contributed by atoms with van der Waals surface area (Å²) < 4.78 is 0. The van der Waals surface area contributed by atoms with Crippen LogP contribution in [0.3, 0.4) is 0 Å². The van der Waals surface area contributed by atoms with Gasteiger partial charge in [-0.2, -0.15) is 0 Å². The average molecular weight is 686 g/mol. The highest BCUT2D eigenvalue weighted by Gasteiger charge is 2.36. The highest BCUT2D eigenvalue weighted by molar-refractivity contribution is 6.02. The normalized spacial score (nSPS) is 26.7. The zero-order valence-corrected chi connectivity index (χ0v) is 25.7. The molecule has 2 aliphatic heterocycles. The zero-order valence-electron chi connectivity index (χ0n) is 25.7. The number of guanidine groups is 1. The van der Waals surface area contributed by atoms with Crippen LogP contribution in [0, 0.1) is 0 Å². The van der Waals surface area contributed by atoms with Gasteiger partial charge in [-0.15, -0.1) is 0 Å². The first kappa shape index (κ1) is 39.1. The Morgan fingerprint density at radius 1 is 0.979 bits per heavy atom. The van der Waals surface area contributed by atoms with Gasteiger partial charge in [-0.25, -0.2) is 4.79 Å². The molecule has 0 saturated carbocycles. The van der Waals surface area contributed by atoms with E-state index in [1.807, 2.05) is 5.32 Å². The molecule has 268 valence electrons. The lowest BCUT2D eigenvalue weighted by molar-refractivity contribution is -0.135. The average Bonchev–Trinajstić information content (AvgIpc) is 3.03. The molecule has 1 fully saturated rings. The molecule has 0 aromatic rings. The van der Waals surface area contributed by atoms with Gasteiger partial charge in [0.15, 0.2) is 5.96 Å². The van der Waals surface area contributed by atoms with Crippen LogP contribution in [0.1, 0.15) is 19.3 Å². The van der Waals surface area contributed by atoms with Crippen LogP contribution in [0.25, 0.3) is 0 Å². The summed E-state index contributed by atoms with van der Waals surface area (Å²) >= 11 is 0. The van der Waals surface area contributed by atoms with E-state index in [0.29, 0.717) is 6.20 Å². The van der Waals surface area contributed by atoms with Crippen molar-refractivity contribution in [1.29, 1.82) is 0 Å². The SMILES string of the molecule is NCC[C@H](O)[C@@H](N)CC(=O)NC1CNC(=O)[C@H]([C@H]2CCN=C(N)N2)NC(=O)/C(=C/NC(N)=O)NC(=O)C(CO)NC(=O)[C@H](CO)NC1=O. The molecular weight excluding hydrogens is 642 g/mol. The first-order chi connectivity index (χ1) is 22.7. The molecule has 48 heavy (non-hydrogen) atoms. The number of primary amides is 1. The van der Waals surface area contributed by atoms with Gasteiger partial charge in [0.2, 0.25) is 29.5 Å². The van der Waals surface area contributed by atoms with Crippen molar-refractivity contribution < 1.29 is 48.9 Å². The second kappa shape index (κ2) is 18.9. The lowest BCUT2D eigenvalue weighted by Crippen LogP contribution is -2.64. The van der Waals surface area contributed by atoms with E-state index in [4.69, 9.17) is 22.9 Å². The van der Waals surface area contributed by atoms with Gasteiger partial charge in [0, 0.05) is 31.8 Å². The van der Waals surface area contributed by atoms with Crippen LogP contribution in [0.15, 0.2) is 16.9 Å². The number of urea groups is 1. The minimum Gasteiger partial charge on any atom is -0.394 e. The quantitative estimate of drug-likeness (QED) is 0.0950. The molecule has 0 radical (unpaired) electrons. The van der Waals surface area contributed by atoms with Crippen LogP contribution in [0.5, 0.6) is 0 Å². The number of nitrogens with two attached hydrogens (primary N) is 4. The summed E-state index contributed by atoms with van der Waals surface area (Å²) in [5.41, 5.74) is 21.4. The molecule has 2 unspecified atom stereocenters. The molecule has 23 heteroatoms. The van der Waals surface area contributed by atoms with Crippen molar-refractivity contribution in [2.45, 2.75) is 61.6 Å². The third-order valence-electron chi connectivity index (χ3n) is 7.03. The number of aliphatic hydroxyl groups is 3. The van der Waals surface area contributed by atoms with Crippen molar-refractivity contribution in [2.24, 2.45) is 27.9 Å². The Kier molecular flexibility index (Phi) is 15.4. The standard InChI is InChI=1S/C25H43N13O10/c26-3-1-16(41)10(27)5-17(42)33-12-6-31-23(47)18(11-2-4-30-24(28)37-11)38-20(44)13(7-32-25(29)48)34-21(45)14(8-39)36-22(46)15(9-40)35-19(12)43/h7,10-12,14-16,18,39-41H,1-6,8-9,26-27H2,(H,31,47)(H,33,42)(H,34,45)(H,35,43)(H,36,46)(H,38,44)(H3,28,30,37)(H3,29,32,48)/b13-7-/t10-,11+,12?,14?,15-,16-,18-/m0/s1.